The number of anilines is 2. The highest BCUT2D eigenvalue weighted by molar-refractivity contribution is 7.15. The molecule has 32 heavy (non-hydrogen) atoms. The van der Waals surface area contributed by atoms with Crippen molar-refractivity contribution in [2.45, 2.75) is 32.5 Å². The van der Waals surface area contributed by atoms with Crippen LogP contribution in [0.3, 0.4) is 0 Å². The molecule has 0 bridgehead atoms. The number of halogens is 3. The molecule has 0 spiro atoms. The van der Waals surface area contributed by atoms with Crippen molar-refractivity contribution in [2.75, 3.05) is 18.4 Å². The molecule has 0 unspecified atom stereocenters. The molecule has 2 aliphatic heterocycles. The zero-order chi connectivity index (χ0) is 22.5. The van der Waals surface area contributed by atoms with Crippen molar-refractivity contribution in [2.24, 2.45) is 0 Å². The Balaban J connectivity index is 1.55. The van der Waals surface area contributed by atoms with E-state index in [4.69, 9.17) is 0 Å². The van der Waals surface area contributed by atoms with E-state index in [1.165, 1.54) is 28.5 Å². The third-order valence-electron chi connectivity index (χ3n) is 5.70. The van der Waals surface area contributed by atoms with Gasteiger partial charge >= 0.3 is 6.18 Å². The standard InChI is InChI=1S/C22H20F3N5OS/c1-11-6-13-9-26-4-2-12(13)7-16(11)29-21-28-10-15(22(23,24)25)19(30-21)18-8-14-17(32-18)3-5-27-20(14)31/h6-8,10,26H,2-5,9H2,1H3,(H,27,31)(H,28,29,30). The summed E-state index contributed by atoms with van der Waals surface area (Å²) in [5, 5.41) is 9.14. The number of carbonyl (C=O) groups is 1. The molecule has 0 aliphatic carbocycles. The van der Waals surface area contributed by atoms with E-state index in [0.717, 1.165) is 41.8 Å². The van der Waals surface area contributed by atoms with Gasteiger partial charge in [-0.25, -0.2) is 9.97 Å². The molecule has 2 aromatic heterocycles. The first kappa shape index (κ1) is 20.9. The summed E-state index contributed by atoms with van der Waals surface area (Å²) in [7, 11) is 0. The molecule has 4 heterocycles. The van der Waals surface area contributed by atoms with Gasteiger partial charge < -0.3 is 16.0 Å². The fraction of sp³-hybridized carbons (Fsp3) is 0.318. The minimum atomic E-state index is -4.62. The Morgan fingerprint density at radius 1 is 1.12 bits per heavy atom. The molecule has 3 N–H and O–H groups in total. The van der Waals surface area contributed by atoms with Crippen molar-refractivity contribution in [3.05, 3.63) is 57.1 Å². The van der Waals surface area contributed by atoms with Gasteiger partial charge in [0.15, 0.2) is 0 Å². The topological polar surface area (TPSA) is 78.9 Å². The summed E-state index contributed by atoms with van der Waals surface area (Å²) in [6.45, 7) is 4.09. The summed E-state index contributed by atoms with van der Waals surface area (Å²) in [6.07, 6.45) is -2.34. The average Bonchev–Trinajstić information content (AvgIpc) is 3.19. The molecule has 6 nitrogen and oxygen atoms in total. The highest BCUT2D eigenvalue weighted by atomic mass is 32.1. The fourth-order valence-electron chi connectivity index (χ4n) is 4.06. The normalized spacial score (nSPS) is 15.7. The largest absolute Gasteiger partial charge is 0.420 e. The van der Waals surface area contributed by atoms with Crippen LogP contribution in [0.5, 0.6) is 0 Å². The number of amides is 1. The summed E-state index contributed by atoms with van der Waals surface area (Å²) in [5.74, 6) is -0.185. The van der Waals surface area contributed by atoms with Gasteiger partial charge in [-0.15, -0.1) is 11.3 Å². The van der Waals surface area contributed by atoms with Gasteiger partial charge in [-0.2, -0.15) is 13.2 Å². The number of fused-ring (bicyclic) bond motifs is 2. The number of hydrogen-bond acceptors (Lipinski definition) is 6. The van der Waals surface area contributed by atoms with Crippen LogP contribution in [0.1, 0.15) is 37.5 Å². The minimum Gasteiger partial charge on any atom is -0.352 e. The smallest absolute Gasteiger partial charge is 0.352 e. The third-order valence-corrected chi connectivity index (χ3v) is 6.90. The molecule has 0 fully saturated rings. The lowest BCUT2D eigenvalue weighted by Gasteiger charge is -2.20. The number of aromatic nitrogens is 2. The van der Waals surface area contributed by atoms with Gasteiger partial charge in [-0.3, -0.25) is 4.79 Å². The van der Waals surface area contributed by atoms with Crippen molar-refractivity contribution in [1.82, 2.24) is 20.6 Å². The van der Waals surface area contributed by atoms with Crippen molar-refractivity contribution < 1.29 is 18.0 Å². The van der Waals surface area contributed by atoms with E-state index in [1.807, 2.05) is 13.0 Å². The second-order valence-corrected chi connectivity index (χ2v) is 9.03. The third kappa shape index (κ3) is 3.84. The average molecular weight is 459 g/mol. The maximum absolute atomic E-state index is 13.7. The molecular formula is C22H20F3N5OS. The second-order valence-electron chi connectivity index (χ2n) is 7.89. The summed E-state index contributed by atoms with van der Waals surface area (Å²) in [6, 6.07) is 5.58. The van der Waals surface area contributed by atoms with Crippen LogP contribution >= 0.6 is 11.3 Å². The van der Waals surface area contributed by atoms with E-state index >= 15 is 0 Å². The molecule has 166 valence electrons. The number of benzene rings is 1. The number of aryl methyl sites for hydroxylation is 1. The fourth-order valence-corrected chi connectivity index (χ4v) is 5.22. The SMILES string of the molecule is Cc1cc2c(cc1Nc1ncc(C(F)(F)F)c(-c3cc4c(s3)CCNC4=O)n1)CCNC2. The van der Waals surface area contributed by atoms with Crippen LogP contribution in [0.15, 0.2) is 24.4 Å². The van der Waals surface area contributed by atoms with Crippen molar-refractivity contribution >= 4 is 28.9 Å². The highest BCUT2D eigenvalue weighted by Crippen LogP contribution is 2.40. The number of carbonyl (C=O) groups excluding carboxylic acids is 1. The lowest BCUT2D eigenvalue weighted by Crippen LogP contribution is -2.30. The Labute approximate surface area is 186 Å². The molecule has 5 rings (SSSR count). The van der Waals surface area contributed by atoms with Crippen LogP contribution < -0.4 is 16.0 Å². The van der Waals surface area contributed by atoms with Crippen LogP contribution in [0.25, 0.3) is 10.6 Å². The molecule has 1 amide bonds. The molecule has 0 radical (unpaired) electrons. The summed E-state index contributed by atoms with van der Waals surface area (Å²) in [5.41, 5.74) is 3.41. The number of rotatable bonds is 3. The molecular weight excluding hydrogens is 439 g/mol. The Morgan fingerprint density at radius 2 is 1.97 bits per heavy atom. The Kier molecular flexibility index (Phi) is 5.13. The molecule has 0 saturated heterocycles. The first-order valence-corrected chi connectivity index (χ1v) is 11.1. The predicted octanol–water partition coefficient (Wildman–Crippen LogP) is 4.21. The number of thiophene rings is 1. The Bertz CT molecular complexity index is 1220. The van der Waals surface area contributed by atoms with Gasteiger partial charge in [-0.1, -0.05) is 6.07 Å². The quantitative estimate of drug-likeness (QED) is 0.547. The monoisotopic (exact) mass is 459 g/mol. The maximum Gasteiger partial charge on any atom is 0.420 e. The van der Waals surface area contributed by atoms with Crippen LogP contribution in [-0.2, 0) is 25.6 Å². The highest BCUT2D eigenvalue weighted by Gasteiger charge is 2.36. The van der Waals surface area contributed by atoms with E-state index in [9.17, 15) is 18.0 Å². The number of hydrogen-bond donors (Lipinski definition) is 3. The van der Waals surface area contributed by atoms with Gasteiger partial charge in [0.25, 0.3) is 5.91 Å². The number of alkyl halides is 3. The summed E-state index contributed by atoms with van der Waals surface area (Å²) in [4.78, 5) is 21.4. The van der Waals surface area contributed by atoms with Gasteiger partial charge in [0.1, 0.15) is 5.56 Å². The van der Waals surface area contributed by atoms with E-state index in [2.05, 4.69) is 32.0 Å². The number of nitrogens with one attached hydrogen (secondary N) is 3. The van der Waals surface area contributed by atoms with Crippen LogP contribution in [0.2, 0.25) is 0 Å². The first-order chi connectivity index (χ1) is 15.3. The molecule has 10 heteroatoms. The maximum atomic E-state index is 13.7. The Hall–Kier alpha value is -2.98. The predicted molar refractivity (Wildman–Crippen MR) is 116 cm³/mol. The van der Waals surface area contributed by atoms with Crippen molar-refractivity contribution in [3.63, 3.8) is 0 Å². The van der Waals surface area contributed by atoms with E-state index in [0.29, 0.717) is 23.4 Å². The zero-order valence-corrected chi connectivity index (χ0v) is 18.0. The molecule has 3 aromatic rings. The van der Waals surface area contributed by atoms with Crippen LogP contribution in [0, 0.1) is 6.92 Å². The summed E-state index contributed by atoms with van der Waals surface area (Å²) < 4.78 is 41.2. The molecule has 0 atom stereocenters. The summed E-state index contributed by atoms with van der Waals surface area (Å²) >= 11 is 1.17. The van der Waals surface area contributed by atoms with E-state index < -0.39 is 11.7 Å². The van der Waals surface area contributed by atoms with Gasteiger partial charge in [0.05, 0.1) is 16.1 Å². The molecule has 0 saturated carbocycles. The molecule has 2 aliphatic rings. The van der Waals surface area contributed by atoms with E-state index in [-0.39, 0.29) is 17.5 Å². The van der Waals surface area contributed by atoms with Crippen molar-refractivity contribution in [1.29, 1.82) is 0 Å². The van der Waals surface area contributed by atoms with Gasteiger partial charge in [0, 0.05) is 29.9 Å². The van der Waals surface area contributed by atoms with Crippen LogP contribution in [0.4, 0.5) is 24.8 Å². The lowest BCUT2D eigenvalue weighted by molar-refractivity contribution is -0.137. The minimum absolute atomic E-state index is 0.0841. The van der Waals surface area contributed by atoms with Crippen molar-refractivity contribution in [3.8, 4) is 10.6 Å². The number of nitrogens with zero attached hydrogens (tertiary/aromatic N) is 2. The molecule has 1 aromatic carbocycles. The van der Waals surface area contributed by atoms with E-state index in [1.54, 1.807) is 0 Å². The first-order valence-electron chi connectivity index (χ1n) is 10.3. The van der Waals surface area contributed by atoms with Gasteiger partial charge in [0.2, 0.25) is 5.95 Å². The van der Waals surface area contributed by atoms with Crippen LogP contribution in [-0.4, -0.2) is 29.0 Å². The zero-order valence-electron chi connectivity index (χ0n) is 17.2. The second kappa shape index (κ2) is 7.86. The van der Waals surface area contributed by atoms with Gasteiger partial charge in [-0.05, 0) is 55.1 Å². The Morgan fingerprint density at radius 3 is 2.75 bits per heavy atom. The lowest BCUT2D eigenvalue weighted by atomic mass is 9.97.